The molecule has 1 fully saturated rings. The van der Waals surface area contributed by atoms with Crippen LogP contribution in [-0.2, 0) is 24.8 Å². The highest BCUT2D eigenvalue weighted by molar-refractivity contribution is 8.09. The van der Waals surface area contributed by atoms with Gasteiger partial charge in [-0.1, -0.05) is 0 Å². The number of benzene rings is 1. The zero-order valence-corrected chi connectivity index (χ0v) is 25.8. The number of hydrogen-bond acceptors (Lipinski definition) is 10. The number of nitrogens with one attached hydrogen (secondary N) is 1. The van der Waals surface area contributed by atoms with Crippen LogP contribution in [0.5, 0.6) is 5.75 Å². The molecule has 1 unspecified atom stereocenters. The van der Waals surface area contributed by atoms with Gasteiger partial charge in [0.25, 0.3) is 0 Å². The summed E-state index contributed by atoms with van der Waals surface area (Å²) in [5.74, 6) is 1.00. The van der Waals surface area contributed by atoms with Crippen molar-refractivity contribution in [1.29, 1.82) is 0 Å². The molecular formula is C26H36N6O7S2. The number of aryl methyl sites for hydroxylation is 1. The maximum atomic E-state index is 12.7. The summed E-state index contributed by atoms with van der Waals surface area (Å²) in [6.07, 6.45) is 4.00. The van der Waals surface area contributed by atoms with Crippen molar-refractivity contribution in [3.8, 4) is 16.9 Å². The molecule has 3 aromatic rings. The van der Waals surface area contributed by atoms with Crippen LogP contribution in [0.2, 0.25) is 0 Å². The van der Waals surface area contributed by atoms with Crippen LogP contribution in [0, 0.1) is 6.92 Å². The minimum atomic E-state index is -4.18. The molecule has 1 aliphatic rings. The minimum absolute atomic E-state index is 0.0667. The SMILES string of the molecule is CNc1cc(-c2cc(N(S(C)(=O)=O)S(C)(=O)=O)ccc2OC2CCCN(C(=O)OC(C)(C)C)C2)cn2c(C)nnc12. The average Bonchev–Trinajstić information content (AvgIpc) is 3.22. The summed E-state index contributed by atoms with van der Waals surface area (Å²) < 4.78 is 64.3. The van der Waals surface area contributed by atoms with Crippen molar-refractivity contribution in [2.24, 2.45) is 0 Å². The Balaban J connectivity index is 1.81. The van der Waals surface area contributed by atoms with E-state index in [4.69, 9.17) is 9.47 Å². The zero-order valence-electron chi connectivity index (χ0n) is 24.2. The predicted octanol–water partition coefficient (Wildman–Crippen LogP) is 3.25. The number of carbonyl (C=O) groups is 1. The van der Waals surface area contributed by atoms with E-state index in [1.165, 1.54) is 12.1 Å². The van der Waals surface area contributed by atoms with Gasteiger partial charge in [0.2, 0.25) is 20.0 Å². The number of nitrogens with zero attached hydrogens (tertiary/aromatic N) is 5. The molecule has 41 heavy (non-hydrogen) atoms. The summed E-state index contributed by atoms with van der Waals surface area (Å²) in [6, 6.07) is 6.19. The summed E-state index contributed by atoms with van der Waals surface area (Å²) in [4.78, 5) is 14.3. The number of piperidine rings is 1. The summed E-state index contributed by atoms with van der Waals surface area (Å²) in [5.41, 5.74) is 1.58. The first-order valence-corrected chi connectivity index (χ1v) is 16.7. The minimum Gasteiger partial charge on any atom is -0.488 e. The number of aromatic nitrogens is 3. The number of likely N-dealkylation sites (tertiary alicyclic amines) is 1. The lowest BCUT2D eigenvalue weighted by atomic mass is 10.0. The van der Waals surface area contributed by atoms with E-state index >= 15 is 0 Å². The van der Waals surface area contributed by atoms with E-state index in [1.54, 1.807) is 62.4 Å². The number of carbonyl (C=O) groups excluding carboxylic acids is 1. The molecule has 13 nitrogen and oxygen atoms in total. The Labute approximate surface area is 240 Å². The van der Waals surface area contributed by atoms with E-state index in [2.05, 4.69) is 15.5 Å². The van der Waals surface area contributed by atoms with E-state index in [1.807, 2.05) is 0 Å². The molecule has 0 spiro atoms. The van der Waals surface area contributed by atoms with Crippen molar-refractivity contribution in [2.75, 3.05) is 41.7 Å². The third kappa shape index (κ3) is 6.84. The molecule has 224 valence electrons. The van der Waals surface area contributed by atoms with E-state index in [0.29, 0.717) is 63.7 Å². The van der Waals surface area contributed by atoms with Crippen molar-refractivity contribution in [2.45, 2.75) is 52.2 Å². The summed E-state index contributed by atoms with van der Waals surface area (Å²) in [6.45, 7) is 8.04. The monoisotopic (exact) mass is 608 g/mol. The Bertz CT molecular complexity index is 1650. The number of sulfonamides is 2. The number of hydrogen-bond donors (Lipinski definition) is 1. The Kier molecular flexibility index (Phi) is 8.15. The van der Waals surface area contributed by atoms with Gasteiger partial charge < -0.3 is 19.7 Å². The normalized spacial score (nSPS) is 16.5. The number of anilines is 2. The lowest BCUT2D eigenvalue weighted by Crippen LogP contribution is -2.46. The molecular weight excluding hydrogens is 572 g/mol. The highest BCUT2D eigenvalue weighted by Crippen LogP contribution is 2.38. The Morgan fingerprint density at radius 2 is 1.78 bits per heavy atom. The number of rotatable bonds is 7. The van der Waals surface area contributed by atoms with Crippen LogP contribution in [0.15, 0.2) is 30.5 Å². The second-order valence-corrected chi connectivity index (χ2v) is 14.9. The third-order valence-electron chi connectivity index (χ3n) is 6.36. The fourth-order valence-electron chi connectivity index (χ4n) is 4.73. The first-order valence-electron chi connectivity index (χ1n) is 13.0. The van der Waals surface area contributed by atoms with Gasteiger partial charge in [-0.05, 0) is 64.8 Å². The van der Waals surface area contributed by atoms with Crippen LogP contribution < -0.4 is 13.8 Å². The van der Waals surface area contributed by atoms with E-state index < -0.39 is 31.7 Å². The topological polar surface area (TPSA) is 153 Å². The maximum absolute atomic E-state index is 12.7. The van der Waals surface area contributed by atoms with Crippen LogP contribution in [0.1, 0.15) is 39.4 Å². The number of amides is 1. The Hall–Kier alpha value is -3.59. The smallest absolute Gasteiger partial charge is 0.410 e. The third-order valence-corrected chi connectivity index (χ3v) is 9.61. The molecule has 0 saturated carbocycles. The van der Waals surface area contributed by atoms with Gasteiger partial charge in [-0.25, -0.2) is 21.6 Å². The quantitative estimate of drug-likeness (QED) is 0.423. The zero-order chi connectivity index (χ0) is 30.3. The van der Waals surface area contributed by atoms with E-state index in [9.17, 15) is 21.6 Å². The Morgan fingerprint density at radius 1 is 1.10 bits per heavy atom. The van der Waals surface area contributed by atoms with Crippen LogP contribution in [-0.4, -0.2) is 86.8 Å². The van der Waals surface area contributed by atoms with Gasteiger partial charge in [0.15, 0.2) is 5.65 Å². The molecule has 1 aliphatic heterocycles. The highest BCUT2D eigenvalue weighted by atomic mass is 32.3. The van der Waals surface area contributed by atoms with E-state index in [-0.39, 0.29) is 11.8 Å². The van der Waals surface area contributed by atoms with Gasteiger partial charge in [0.1, 0.15) is 23.3 Å². The molecule has 1 N–H and O–H groups in total. The van der Waals surface area contributed by atoms with Gasteiger partial charge >= 0.3 is 6.09 Å². The lowest BCUT2D eigenvalue weighted by Gasteiger charge is -2.34. The number of fused-ring (bicyclic) bond motifs is 1. The molecule has 0 bridgehead atoms. The molecule has 1 atom stereocenters. The van der Waals surface area contributed by atoms with Crippen molar-refractivity contribution < 1.29 is 31.1 Å². The van der Waals surface area contributed by atoms with Crippen LogP contribution in [0.4, 0.5) is 16.2 Å². The van der Waals surface area contributed by atoms with E-state index in [0.717, 1.165) is 12.5 Å². The van der Waals surface area contributed by atoms with Crippen LogP contribution in [0.25, 0.3) is 16.8 Å². The molecule has 2 aromatic heterocycles. The molecule has 4 rings (SSSR count). The first kappa shape index (κ1) is 30.4. The summed E-state index contributed by atoms with van der Waals surface area (Å²) in [7, 11) is -6.63. The second-order valence-electron chi connectivity index (χ2n) is 11.0. The molecule has 15 heteroatoms. The Morgan fingerprint density at radius 3 is 2.39 bits per heavy atom. The highest BCUT2D eigenvalue weighted by Gasteiger charge is 2.31. The standard InChI is InChI=1S/C26H36N6O7S2/c1-17-28-29-24-22(27-5)13-18(15-31(17)24)21-14-19(32(40(6,34)35)41(7,36)37)10-11-23(21)38-20-9-8-12-30(16-20)25(33)39-26(2,3)4/h10-11,13-15,20,27H,8-9,12,16H2,1-7H3. The molecule has 0 radical (unpaired) electrons. The largest absolute Gasteiger partial charge is 0.488 e. The van der Waals surface area contributed by atoms with Crippen LogP contribution >= 0.6 is 0 Å². The van der Waals surface area contributed by atoms with Gasteiger partial charge in [0, 0.05) is 30.9 Å². The number of pyridine rings is 1. The molecule has 1 amide bonds. The lowest BCUT2D eigenvalue weighted by molar-refractivity contribution is 0.00783. The van der Waals surface area contributed by atoms with Crippen LogP contribution in [0.3, 0.4) is 0 Å². The number of ether oxygens (including phenoxy) is 2. The van der Waals surface area contributed by atoms with Crippen molar-refractivity contribution in [3.05, 3.63) is 36.3 Å². The summed E-state index contributed by atoms with van der Waals surface area (Å²) in [5, 5.41) is 11.4. The molecule has 3 heterocycles. The molecule has 0 aliphatic carbocycles. The first-order chi connectivity index (χ1) is 19.0. The van der Waals surface area contributed by atoms with Crippen molar-refractivity contribution >= 4 is 43.2 Å². The van der Waals surface area contributed by atoms with Crippen molar-refractivity contribution in [3.63, 3.8) is 0 Å². The summed E-state index contributed by atoms with van der Waals surface area (Å²) >= 11 is 0. The maximum Gasteiger partial charge on any atom is 0.410 e. The fraction of sp³-hybridized carbons (Fsp3) is 0.500. The average molecular weight is 609 g/mol. The molecule has 1 saturated heterocycles. The van der Waals surface area contributed by atoms with Gasteiger partial charge in [-0.3, -0.25) is 4.40 Å². The van der Waals surface area contributed by atoms with Gasteiger partial charge in [0.05, 0.1) is 30.4 Å². The van der Waals surface area contributed by atoms with Gasteiger partial charge in [-0.2, -0.15) is 3.71 Å². The van der Waals surface area contributed by atoms with Gasteiger partial charge in [-0.15, -0.1) is 10.2 Å². The molecule has 1 aromatic carbocycles. The van der Waals surface area contributed by atoms with Crippen molar-refractivity contribution in [1.82, 2.24) is 19.5 Å². The fourth-order valence-corrected chi connectivity index (χ4v) is 7.69. The predicted molar refractivity (Wildman–Crippen MR) is 156 cm³/mol. The second kappa shape index (κ2) is 11.0.